The molecule has 0 radical (unpaired) electrons. The van der Waals surface area contributed by atoms with Gasteiger partial charge >= 0.3 is 0 Å². The molecule has 10 rings (SSSR count). The van der Waals surface area contributed by atoms with E-state index in [0.717, 1.165) is 34.1 Å². The molecule has 0 amide bonds. The number of hydrogen-bond acceptors (Lipinski definition) is 4. The number of thioether (sulfide) groups is 1. The number of allylic oxidation sites excluding steroid dienone is 5. The minimum Gasteiger partial charge on any atom is -0.368 e. The Morgan fingerprint density at radius 3 is 2.11 bits per heavy atom. The Balaban J connectivity index is 1.13. The van der Waals surface area contributed by atoms with Gasteiger partial charge in [-0.05, 0) is 96.7 Å². The molecule has 7 aromatic rings. The fourth-order valence-electron chi connectivity index (χ4n) is 8.33. The highest BCUT2D eigenvalue weighted by Crippen LogP contribution is 2.56. The molecule has 1 N–H and O–H groups in total. The smallest absolute Gasteiger partial charge is 0.123 e. The summed E-state index contributed by atoms with van der Waals surface area (Å²) in [4.78, 5) is 6.12. The first-order valence-corrected chi connectivity index (χ1v) is 19.1. The van der Waals surface area contributed by atoms with Crippen LogP contribution in [0, 0.1) is 0 Å². The first kappa shape index (κ1) is 31.6. The van der Waals surface area contributed by atoms with Crippen LogP contribution in [0.4, 0.5) is 28.4 Å². The fraction of sp³-hybridized carbons (Fsp3) is 0.0833. The van der Waals surface area contributed by atoms with Gasteiger partial charge in [-0.2, -0.15) is 0 Å². The normalized spacial score (nSPS) is 19.6. The molecule has 3 unspecified atom stereocenters. The van der Waals surface area contributed by atoms with Gasteiger partial charge in [0.05, 0.1) is 11.0 Å². The minimum absolute atomic E-state index is 0.00704. The number of aromatic nitrogens is 1. The summed E-state index contributed by atoms with van der Waals surface area (Å²) >= 11 is 2.01. The summed E-state index contributed by atoms with van der Waals surface area (Å²) in [7, 11) is 0. The van der Waals surface area contributed by atoms with Crippen LogP contribution in [0.1, 0.15) is 12.5 Å². The third-order valence-electron chi connectivity index (χ3n) is 10.9. The van der Waals surface area contributed by atoms with Crippen molar-refractivity contribution in [3.63, 3.8) is 0 Å². The van der Waals surface area contributed by atoms with Crippen molar-refractivity contribution >= 4 is 62.0 Å². The van der Waals surface area contributed by atoms with Crippen LogP contribution in [0.5, 0.6) is 0 Å². The second-order valence-electron chi connectivity index (χ2n) is 14.0. The van der Waals surface area contributed by atoms with Crippen LogP contribution in [0.2, 0.25) is 0 Å². The van der Waals surface area contributed by atoms with Crippen molar-refractivity contribution in [2.75, 3.05) is 9.80 Å². The molecule has 0 fully saturated rings. The molecule has 6 aromatic carbocycles. The zero-order chi connectivity index (χ0) is 35.4. The maximum absolute atomic E-state index is 3.55. The molecule has 3 atom stereocenters. The van der Waals surface area contributed by atoms with Crippen LogP contribution >= 0.6 is 11.8 Å². The second kappa shape index (κ2) is 12.8. The highest BCUT2D eigenvalue weighted by atomic mass is 32.2. The number of nitrogens with zero attached hydrogens (tertiary/aromatic N) is 3. The van der Waals surface area contributed by atoms with Crippen LogP contribution in [0.25, 0.3) is 27.5 Å². The molecule has 1 aliphatic carbocycles. The molecule has 3 heterocycles. The van der Waals surface area contributed by atoms with Gasteiger partial charge in [-0.1, -0.05) is 110 Å². The van der Waals surface area contributed by atoms with Gasteiger partial charge in [0.25, 0.3) is 0 Å². The molecule has 3 aliphatic rings. The molecular formula is C48H38N4S. The van der Waals surface area contributed by atoms with E-state index in [1.54, 1.807) is 0 Å². The molecule has 0 saturated carbocycles. The highest BCUT2D eigenvalue weighted by molar-refractivity contribution is 8.00. The van der Waals surface area contributed by atoms with Gasteiger partial charge in [0.2, 0.25) is 0 Å². The Morgan fingerprint density at radius 2 is 1.30 bits per heavy atom. The lowest BCUT2D eigenvalue weighted by Crippen LogP contribution is -2.40. The topological polar surface area (TPSA) is 23.4 Å². The van der Waals surface area contributed by atoms with E-state index in [4.69, 9.17) is 0 Å². The number of rotatable bonds is 7. The van der Waals surface area contributed by atoms with Crippen molar-refractivity contribution in [3.05, 3.63) is 200 Å². The van der Waals surface area contributed by atoms with Gasteiger partial charge in [-0.3, -0.25) is 0 Å². The van der Waals surface area contributed by atoms with E-state index in [0.29, 0.717) is 5.25 Å². The number of fused-ring (bicyclic) bond motifs is 7. The Labute approximate surface area is 314 Å². The molecule has 5 heteroatoms. The van der Waals surface area contributed by atoms with Crippen molar-refractivity contribution in [2.45, 2.75) is 28.6 Å². The maximum Gasteiger partial charge on any atom is 0.123 e. The minimum atomic E-state index is -0.0281. The summed E-state index contributed by atoms with van der Waals surface area (Å²) in [5, 5.41) is 6.58. The second-order valence-corrected chi connectivity index (χ2v) is 15.2. The van der Waals surface area contributed by atoms with Crippen LogP contribution in [-0.2, 0) is 5.41 Å². The van der Waals surface area contributed by atoms with Gasteiger partial charge in [-0.25, -0.2) is 0 Å². The lowest BCUT2D eigenvalue weighted by Gasteiger charge is -2.34. The van der Waals surface area contributed by atoms with Crippen LogP contribution in [0.3, 0.4) is 0 Å². The van der Waals surface area contributed by atoms with Crippen LogP contribution in [-0.4, -0.2) is 16.0 Å². The standard InChI is InChI=1S/C48H38N4S/c1-48-30-12-10-26-44(48)53-47-41(48)28-29-43-46(47)40-24-8-9-25-42(40)52(43)39-23-15-21-37(33-39)50(34-16-4-2-5-17-34)36-20-14-22-38(32-36)51(35-18-6-3-7-19-35)45-27-11-13-31-49-45/h2-33,44-45,49H,1H3. The highest BCUT2D eigenvalue weighted by Gasteiger charge is 2.43. The predicted molar refractivity (Wildman–Crippen MR) is 225 cm³/mol. The predicted octanol–water partition coefficient (Wildman–Crippen LogP) is 12.2. The van der Waals surface area contributed by atoms with Gasteiger partial charge in [0.1, 0.15) is 6.17 Å². The van der Waals surface area contributed by atoms with Crippen molar-refractivity contribution in [1.82, 2.24) is 9.88 Å². The number of benzene rings is 6. The van der Waals surface area contributed by atoms with Crippen molar-refractivity contribution in [2.24, 2.45) is 0 Å². The number of nitrogens with one attached hydrogen (secondary N) is 1. The summed E-state index contributed by atoms with van der Waals surface area (Å²) in [6, 6.07) is 52.8. The first-order valence-electron chi connectivity index (χ1n) is 18.3. The zero-order valence-corrected chi connectivity index (χ0v) is 30.2. The molecule has 256 valence electrons. The summed E-state index contributed by atoms with van der Waals surface area (Å²) in [5.74, 6) is 0. The van der Waals surface area contributed by atoms with E-state index in [1.165, 1.54) is 32.3 Å². The quantitative estimate of drug-likeness (QED) is 0.179. The molecule has 4 nitrogen and oxygen atoms in total. The Morgan fingerprint density at radius 1 is 0.604 bits per heavy atom. The van der Waals surface area contributed by atoms with Crippen molar-refractivity contribution < 1.29 is 0 Å². The average molecular weight is 703 g/mol. The third kappa shape index (κ3) is 5.22. The van der Waals surface area contributed by atoms with Gasteiger partial charge in [-0.15, -0.1) is 11.8 Å². The zero-order valence-electron chi connectivity index (χ0n) is 29.4. The fourth-order valence-corrected chi connectivity index (χ4v) is 9.95. The number of hydrogen-bond donors (Lipinski definition) is 1. The molecule has 53 heavy (non-hydrogen) atoms. The Bertz CT molecular complexity index is 2620. The molecule has 0 spiro atoms. The molecule has 0 bridgehead atoms. The van der Waals surface area contributed by atoms with Gasteiger partial charge < -0.3 is 19.7 Å². The summed E-state index contributed by atoms with van der Waals surface area (Å²) in [6.45, 7) is 2.39. The van der Waals surface area contributed by atoms with E-state index in [9.17, 15) is 0 Å². The number of anilines is 5. The van der Waals surface area contributed by atoms with Gasteiger partial charge in [0.15, 0.2) is 0 Å². The van der Waals surface area contributed by atoms with Crippen LogP contribution < -0.4 is 15.1 Å². The SMILES string of the molecule is CC12C=CC=CC1Sc1c2ccc2c1c1ccccc1n2-c1cccc(N(c2ccccc2)c2cccc(N(c3ccccc3)C3C=CC=CN3)c2)c1. The maximum atomic E-state index is 3.55. The van der Waals surface area contributed by atoms with E-state index in [-0.39, 0.29) is 11.6 Å². The monoisotopic (exact) mass is 702 g/mol. The summed E-state index contributed by atoms with van der Waals surface area (Å²) in [5.41, 5.74) is 10.5. The van der Waals surface area contributed by atoms with E-state index in [2.05, 4.69) is 209 Å². The Kier molecular flexibility index (Phi) is 7.62. The molecule has 1 aromatic heterocycles. The van der Waals surface area contributed by atoms with E-state index < -0.39 is 0 Å². The van der Waals surface area contributed by atoms with Crippen molar-refractivity contribution in [1.29, 1.82) is 0 Å². The lowest BCUT2D eigenvalue weighted by molar-refractivity contribution is 0.621. The van der Waals surface area contributed by atoms with Gasteiger partial charge in [0, 0.05) is 60.5 Å². The summed E-state index contributed by atoms with van der Waals surface area (Å²) in [6.07, 6.45) is 17.5. The van der Waals surface area contributed by atoms with Crippen molar-refractivity contribution in [3.8, 4) is 5.69 Å². The number of dihydropyridines is 1. The lowest BCUT2D eigenvalue weighted by atomic mass is 9.77. The summed E-state index contributed by atoms with van der Waals surface area (Å²) < 4.78 is 2.45. The van der Waals surface area contributed by atoms with E-state index in [1.807, 2.05) is 24.0 Å². The molecule has 2 aliphatic heterocycles. The Hall–Kier alpha value is -6.17. The molecule has 0 saturated heterocycles. The average Bonchev–Trinajstić information content (AvgIpc) is 3.72. The van der Waals surface area contributed by atoms with Crippen LogP contribution in [0.15, 0.2) is 199 Å². The largest absolute Gasteiger partial charge is 0.368 e. The molecular weight excluding hydrogens is 665 g/mol. The third-order valence-corrected chi connectivity index (χ3v) is 12.4. The number of para-hydroxylation sites is 3. The van der Waals surface area contributed by atoms with E-state index >= 15 is 0 Å². The first-order chi connectivity index (χ1) is 26.2.